The molecule has 3 rings (SSSR count). The van der Waals surface area contributed by atoms with E-state index in [0.717, 1.165) is 33.5 Å². The molecule has 0 aliphatic rings. The van der Waals surface area contributed by atoms with Crippen molar-refractivity contribution in [2.75, 3.05) is 0 Å². The summed E-state index contributed by atoms with van der Waals surface area (Å²) < 4.78 is 28.4. The number of nitrogens with two attached hydrogens (primary N) is 1. The lowest BCUT2D eigenvalue weighted by Gasteiger charge is -2.11. The number of primary sulfonamides is 1. The van der Waals surface area contributed by atoms with E-state index in [1.165, 1.54) is 17.7 Å². The monoisotopic (exact) mass is 356 g/mol. The summed E-state index contributed by atoms with van der Waals surface area (Å²) in [6.07, 6.45) is 0. The first kappa shape index (κ1) is 17.4. The maximum absolute atomic E-state index is 11.5. The highest BCUT2D eigenvalue weighted by molar-refractivity contribution is 7.89. The van der Waals surface area contributed by atoms with Crippen LogP contribution in [0.25, 0.3) is 22.4 Å². The predicted octanol–water partition coefficient (Wildman–Crippen LogP) is 3.89. The molecule has 0 atom stereocenters. The van der Waals surface area contributed by atoms with Crippen molar-refractivity contribution in [1.82, 2.24) is 5.16 Å². The van der Waals surface area contributed by atoms with Crippen molar-refractivity contribution in [3.8, 4) is 22.4 Å². The molecule has 2 aromatic carbocycles. The number of rotatable bonds is 3. The number of aryl methyl sites for hydroxylation is 4. The molecule has 25 heavy (non-hydrogen) atoms. The molecule has 0 saturated carbocycles. The van der Waals surface area contributed by atoms with Gasteiger partial charge in [-0.2, -0.15) is 0 Å². The molecule has 0 saturated heterocycles. The Bertz CT molecular complexity index is 1030. The Morgan fingerprint density at radius 3 is 2.00 bits per heavy atom. The maximum atomic E-state index is 11.5. The van der Waals surface area contributed by atoms with Crippen molar-refractivity contribution < 1.29 is 12.9 Å². The van der Waals surface area contributed by atoms with E-state index in [1.807, 2.05) is 20.8 Å². The van der Waals surface area contributed by atoms with Gasteiger partial charge in [0.15, 0.2) is 0 Å². The van der Waals surface area contributed by atoms with E-state index >= 15 is 0 Å². The average Bonchev–Trinajstić information content (AvgIpc) is 2.87. The first-order valence-electron chi connectivity index (χ1n) is 7.86. The normalized spacial score (nSPS) is 11.7. The summed E-state index contributed by atoms with van der Waals surface area (Å²) in [5, 5.41) is 9.44. The van der Waals surface area contributed by atoms with Crippen LogP contribution in [0.4, 0.5) is 0 Å². The van der Waals surface area contributed by atoms with Crippen LogP contribution in [0.5, 0.6) is 0 Å². The molecule has 0 aliphatic heterocycles. The van der Waals surface area contributed by atoms with Crippen molar-refractivity contribution in [2.45, 2.75) is 32.6 Å². The zero-order valence-electron chi connectivity index (χ0n) is 14.6. The summed E-state index contributed by atoms with van der Waals surface area (Å²) in [6.45, 7) is 8.00. The summed E-state index contributed by atoms with van der Waals surface area (Å²) in [5.41, 5.74) is 6.92. The minimum atomic E-state index is -3.72. The van der Waals surface area contributed by atoms with E-state index < -0.39 is 10.0 Å². The number of hydrogen-bond acceptors (Lipinski definition) is 4. The molecule has 0 unspecified atom stereocenters. The zero-order valence-corrected chi connectivity index (χ0v) is 15.4. The number of aromatic nitrogens is 1. The van der Waals surface area contributed by atoms with E-state index in [1.54, 1.807) is 12.1 Å². The van der Waals surface area contributed by atoms with Crippen LogP contribution in [0.15, 0.2) is 45.8 Å². The van der Waals surface area contributed by atoms with Gasteiger partial charge < -0.3 is 4.52 Å². The molecule has 0 amide bonds. The molecule has 1 heterocycles. The van der Waals surface area contributed by atoms with Gasteiger partial charge in [-0.3, -0.25) is 0 Å². The fraction of sp³-hybridized carbons (Fsp3) is 0.211. The minimum absolute atomic E-state index is 0.0783. The third kappa shape index (κ3) is 3.23. The molecule has 0 aliphatic carbocycles. The summed E-state index contributed by atoms with van der Waals surface area (Å²) >= 11 is 0. The van der Waals surface area contributed by atoms with Crippen molar-refractivity contribution in [1.29, 1.82) is 0 Å². The maximum Gasteiger partial charge on any atom is 0.238 e. The van der Waals surface area contributed by atoms with E-state index in [2.05, 4.69) is 24.2 Å². The van der Waals surface area contributed by atoms with Crippen LogP contribution >= 0.6 is 0 Å². The molecule has 0 radical (unpaired) electrons. The van der Waals surface area contributed by atoms with Crippen LogP contribution in [0.3, 0.4) is 0 Å². The zero-order chi connectivity index (χ0) is 18.4. The Kier molecular flexibility index (Phi) is 4.26. The summed E-state index contributed by atoms with van der Waals surface area (Å²) in [6, 6.07) is 10.7. The fourth-order valence-corrected chi connectivity index (χ4v) is 3.76. The lowest BCUT2D eigenvalue weighted by atomic mass is 9.92. The SMILES string of the molecule is Cc1cc(C)c(-c2noc(C)c2-c2ccc(S(N)(=O)=O)cc2)c(C)c1. The van der Waals surface area contributed by atoms with E-state index in [9.17, 15) is 8.42 Å². The van der Waals surface area contributed by atoms with Crippen molar-refractivity contribution in [2.24, 2.45) is 5.14 Å². The number of hydrogen-bond donors (Lipinski definition) is 1. The third-order valence-corrected chi connectivity index (χ3v) is 5.18. The third-order valence-electron chi connectivity index (χ3n) is 4.25. The van der Waals surface area contributed by atoms with Gasteiger partial charge in [0, 0.05) is 5.56 Å². The number of nitrogens with zero attached hydrogens (tertiary/aromatic N) is 1. The summed E-state index contributed by atoms with van der Waals surface area (Å²) in [7, 11) is -3.72. The second kappa shape index (κ2) is 6.13. The molecule has 2 N–H and O–H groups in total. The molecule has 130 valence electrons. The molecule has 5 nitrogen and oxygen atoms in total. The van der Waals surface area contributed by atoms with Crippen molar-refractivity contribution >= 4 is 10.0 Å². The summed E-state index contributed by atoms with van der Waals surface area (Å²) in [5.74, 6) is 0.678. The second-order valence-electron chi connectivity index (χ2n) is 6.31. The number of benzene rings is 2. The highest BCUT2D eigenvalue weighted by Crippen LogP contribution is 2.37. The van der Waals surface area contributed by atoms with Gasteiger partial charge in [0.1, 0.15) is 11.5 Å². The molecule has 6 heteroatoms. The molecule has 1 aromatic heterocycles. The Morgan fingerprint density at radius 1 is 0.920 bits per heavy atom. The van der Waals surface area contributed by atoms with Gasteiger partial charge >= 0.3 is 0 Å². The minimum Gasteiger partial charge on any atom is -0.360 e. The topological polar surface area (TPSA) is 86.2 Å². The van der Waals surface area contributed by atoms with Gasteiger partial charge in [-0.05, 0) is 56.5 Å². The molecule has 0 bridgehead atoms. The predicted molar refractivity (Wildman–Crippen MR) is 97.7 cm³/mol. The van der Waals surface area contributed by atoms with Crippen LogP contribution in [-0.4, -0.2) is 13.6 Å². The second-order valence-corrected chi connectivity index (χ2v) is 7.87. The smallest absolute Gasteiger partial charge is 0.238 e. The first-order valence-corrected chi connectivity index (χ1v) is 9.41. The summed E-state index contributed by atoms with van der Waals surface area (Å²) in [4.78, 5) is 0.0783. The van der Waals surface area contributed by atoms with Crippen LogP contribution in [0.2, 0.25) is 0 Å². The average molecular weight is 356 g/mol. The fourth-order valence-electron chi connectivity index (χ4n) is 3.25. The number of sulfonamides is 1. The standard InChI is InChI=1S/C19H20N2O3S/c1-11-9-12(2)17(13(3)10-11)19-18(14(4)24-21-19)15-5-7-16(8-6-15)25(20,22)23/h5-10H,1-4H3,(H2,20,22,23). The Morgan fingerprint density at radius 2 is 1.48 bits per heavy atom. The van der Waals surface area contributed by atoms with Crippen LogP contribution < -0.4 is 5.14 Å². The molecular weight excluding hydrogens is 336 g/mol. The quantitative estimate of drug-likeness (QED) is 0.771. The lowest BCUT2D eigenvalue weighted by Crippen LogP contribution is -2.11. The largest absolute Gasteiger partial charge is 0.360 e. The van der Waals surface area contributed by atoms with Crippen molar-refractivity contribution in [3.05, 3.63) is 58.8 Å². The van der Waals surface area contributed by atoms with Crippen LogP contribution in [0.1, 0.15) is 22.5 Å². The molecule has 3 aromatic rings. The van der Waals surface area contributed by atoms with Gasteiger partial charge in [-0.15, -0.1) is 0 Å². The van der Waals surface area contributed by atoms with E-state index in [-0.39, 0.29) is 4.90 Å². The highest BCUT2D eigenvalue weighted by atomic mass is 32.2. The molecule has 0 fully saturated rings. The highest BCUT2D eigenvalue weighted by Gasteiger charge is 2.20. The molecular formula is C19H20N2O3S. The Balaban J connectivity index is 2.19. The van der Waals surface area contributed by atoms with Gasteiger partial charge in [0.05, 0.1) is 10.5 Å². The first-order chi connectivity index (χ1) is 11.7. The van der Waals surface area contributed by atoms with Gasteiger partial charge in [0.2, 0.25) is 10.0 Å². The van der Waals surface area contributed by atoms with E-state index in [0.29, 0.717) is 5.76 Å². The van der Waals surface area contributed by atoms with E-state index in [4.69, 9.17) is 9.66 Å². The Labute approximate surface area is 147 Å². The molecule has 0 spiro atoms. The van der Waals surface area contributed by atoms with Gasteiger partial charge in [-0.25, -0.2) is 13.6 Å². The van der Waals surface area contributed by atoms with Gasteiger partial charge in [-0.1, -0.05) is 35.0 Å². The van der Waals surface area contributed by atoms with Gasteiger partial charge in [0.25, 0.3) is 0 Å². The lowest BCUT2D eigenvalue weighted by molar-refractivity contribution is 0.400. The van der Waals surface area contributed by atoms with Crippen LogP contribution in [0, 0.1) is 27.7 Å². The Hall–Kier alpha value is -2.44. The van der Waals surface area contributed by atoms with Crippen molar-refractivity contribution in [3.63, 3.8) is 0 Å². The van der Waals surface area contributed by atoms with Crippen LogP contribution in [-0.2, 0) is 10.0 Å².